The number of carbonyl (C=O) groups excluding carboxylic acids is 2. The Morgan fingerprint density at radius 1 is 1.33 bits per heavy atom. The van der Waals surface area contributed by atoms with Crippen molar-refractivity contribution in [3.8, 4) is 0 Å². The summed E-state index contributed by atoms with van der Waals surface area (Å²) in [6.07, 6.45) is 4.39. The van der Waals surface area contributed by atoms with Gasteiger partial charge in [0, 0.05) is 26.0 Å². The van der Waals surface area contributed by atoms with E-state index in [9.17, 15) is 9.59 Å². The monoisotopic (exact) mass is 329 g/mol. The molecule has 1 atom stereocenters. The van der Waals surface area contributed by atoms with Gasteiger partial charge in [0.25, 0.3) is 0 Å². The molecule has 7 heteroatoms. The molecule has 24 heavy (non-hydrogen) atoms. The van der Waals surface area contributed by atoms with Crippen LogP contribution in [-0.2, 0) is 11.3 Å². The van der Waals surface area contributed by atoms with Crippen LogP contribution in [0.4, 0.5) is 4.79 Å². The van der Waals surface area contributed by atoms with Crippen molar-refractivity contribution < 1.29 is 9.59 Å². The summed E-state index contributed by atoms with van der Waals surface area (Å²) in [7, 11) is 1.49. The largest absolute Gasteiger partial charge is 0.351 e. The maximum absolute atomic E-state index is 12.2. The van der Waals surface area contributed by atoms with Gasteiger partial charge >= 0.3 is 6.03 Å². The van der Waals surface area contributed by atoms with E-state index in [2.05, 4.69) is 10.3 Å². The molecule has 0 fully saturated rings. The highest BCUT2D eigenvalue weighted by atomic mass is 16.2. The number of likely N-dealkylation sites (N-methyl/N-ethyl adjacent to an activating group) is 1. The molecule has 2 aromatic rings. The number of nitrogens with one attached hydrogen (secondary N) is 1. The standard InChI is InChI=1S/C17H23N5O2/c1-13-19-9-11-22(13)10-8-15(14-6-4-3-5-7-14)20-16(23)12-21(2)17(18)24/h3-7,9,11,15H,8,10,12H2,1-2H3,(H2,18,24)(H,20,23)/t15-/m0/s1. The minimum Gasteiger partial charge on any atom is -0.351 e. The van der Waals surface area contributed by atoms with Crippen LogP contribution < -0.4 is 11.1 Å². The second-order valence-corrected chi connectivity index (χ2v) is 5.68. The molecule has 0 aliphatic rings. The maximum Gasteiger partial charge on any atom is 0.314 e. The van der Waals surface area contributed by atoms with Gasteiger partial charge in [0.1, 0.15) is 12.4 Å². The lowest BCUT2D eigenvalue weighted by molar-refractivity contribution is -0.122. The van der Waals surface area contributed by atoms with Gasteiger partial charge in [-0.25, -0.2) is 9.78 Å². The Morgan fingerprint density at radius 3 is 2.62 bits per heavy atom. The highest BCUT2D eigenvalue weighted by molar-refractivity contribution is 5.83. The molecule has 0 aliphatic carbocycles. The van der Waals surface area contributed by atoms with Crippen LogP contribution in [-0.4, -0.2) is 40.0 Å². The number of nitrogens with zero attached hydrogens (tertiary/aromatic N) is 3. The number of carbonyl (C=O) groups is 2. The van der Waals surface area contributed by atoms with Gasteiger partial charge in [0.05, 0.1) is 6.04 Å². The van der Waals surface area contributed by atoms with E-state index < -0.39 is 6.03 Å². The number of urea groups is 1. The van der Waals surface area contributed by atoms with E-state index >= 15 is 0 Å². The first-order chi connectivity index (χ1) is 11.5. The van der Waals surface area contributed by atoms with Crippen molar-refractivity contribution in [3.05, 3.63) is 54.1 Å². The Labute approximate surface area is 141 Å². The smallest absolute Gasteiger partial charge is 0.314 e. The normalized spacial score (nSPS) is 11.8. The third-order valence-electron chi connectivity index (χ3n) is 3.88. The average molecular weight is 329 g/mol. The van der Waals surface area contributed by atoms with Crippen molar-refractivity contribution in [1.29, 1.82) is 0 Å². The number of rotatable bonds is 7. The van der Waals surface area contributed by atoms with Gasteiger partial charge in [-0.05, 0) is 18.9 Å². The maximum atomic E-state index is 12.2. The van der Waals surface area contributed by atoms with Crippen molar-refractivity contribution in [2.24, 2.45) is 5.73 Å². The second kappa shape index (κ2) is 8.14. The van der Waals surface area contributed by atoms with Gasteiger partial charge in [-0.15, -0.1) is 0 Å². The minimum absolute atomic E-state index is 0.0667. The number of amides is 3. The molecule has 0 spiro atoms. The number of hydrogen-bond donors (Lipinski definition) is 2. The third kappa shape index (κ3) is 4.84. The lowest BCUT2D eigenvalue weighted by Crippen LogP contribution is -2.42. The molecule has 128 valence electrons. The van der Waals surface area contributed by atoms with E-state index in [0.29, 0.717) is 6.42 Å². The topological polar surface area (TPSA) is 93.2 Å². The quantitative estimate of drug-likeness (QED) is 0.805. The zero-order valence-electron chi connectivity index (χ0n) is 14.0. The molecule has 3 N–H and O–H groups in total. The Balaban J connectivity index is 2.04. The molecule has 0 saturated carbocycles. The van der Waals surface area contributed by atoms with Gasteiger partial charge in [-0.2, -0.15) is 0 Å². The summed E-state index contributed by atoms with van der Waals surface area (Å²) in [5, 5.41) is 2.98. The van der Waals surface area contributed by atoms with E-state index in [0.717, 1.165) is 17.9 Å². The fourth-order valence-corrected chi connectivity index (χ4v) is 2.45. The first-order valence-electron chi connectivity index (χ1n) is 7.80. The van der Waals surface area contributed by atoms with Crippen molar-refractivity contribution in [2.45, 2.75) is 25.9 Å². The highest BCUT2D eigenvalue weighted by Crippen LogP contribution is 2.18. The lowest BCUT2D eigenvalue weighted by atomic mass is 10.0. The van der Waals surface area contributed by atoms with E-state index in [1.165, 1.54) is 11.9 Å². The third-order valence-corrected chi connectivity index (χ3v) is 3.88. The van der Waals surface area contributed by atoms with Crippen LogP contribution in [0.3, 0.4) is 0 Å². The molecular weight excluding hydrogens is 306 g/mol. The summed E-state index contributed by atoms with van der Waals surface area (Å²) < 4.78 is 2.04. The number of aryl methyl sites for hydroxylation is 2. The molecule has 1 aromatic carbocycles. The molecule has 7 nitrogen and oxygen atoms in total. The van der Waals surface area contributed by atoms with Crippen LogP contribution in [0.15, 0.2) is 42.7 Å². The zero-order chi connectivity index (χ0) is 17.5. The molecule has 1 heterocycles. The van der Waals surface area contributed by atoms with Gasteiger partial charge in [0.15, 0.2) is 0 Å². The fourth-order valence-electron chi connectivity index (χ4n) is 2.45. The molecule has 1 aromatic heterocycles. The second-order valence-electron chi connectivity index (χ2n) is 5.68. The summed E-state index contributed by atoms with van der Waals surface area (Å²) in [5.41, 5.74) is 6.18. The fraction of sp³-hybridized carbons (Fsp3) is 0.353. The molecule has 0 radical (unpaired) electrons. The van der Waals surface area contributed by atoms with Crippen LogP contribution >= 0.6 is 0 Å². The molecule has 0 saturated heterocycles. The first kappa shape index (κ1) is 17.5. The predicted molar refractivity (Wildman–Crippen MR) is 91.1 cm³/mol. The molecule has 0 aliphatic heterocycles. The number of primary amides is 1. The Bertz CT molecular complexity index is 683. The van der Waals surface area contributed by atoms with Crippen LogP contribution in [0.1, 0.15) is 23.9 Å². The van der Waals surface area contributed by atoms with Crippen molar-refractivity contribution >= 4 is 11.9 Å². The number of hydrogen-bond acceptors (Lipinski definition) is 3. The summed E-state index contributed by atoms with van der Waals surface area (Å²) in [6.45, 7) is 2.61. The summed E-state index contributed by atoms with van der Waals surface area (Å²) in [6, 6.07) is 8.98. The number of nitrogens with two attached hydrogens (primary N) is 1. The van der Waals surface area contributed by atoms with E-state index in [-0.39, 0.29) is 18.5 Å². The highest BCUT2D eigenvalue weighted by Gasteiger charge is 2.17. The van der Waals surface area contributed by atoms with Gasteiger partial charge in [-0.3, -0.25) is 4.79 Å². The Kier molecular flexibility index (Phi) is 5.95. The molecule has 2 rings (SSSR count). The van der Waals surface area contributed by atoms with Crippen LogP contribution in [0.5, 0.6) is 0 Å². The lowest BCUT2D eigenvalue weighted by Gasteiger charge is -2.22. The predicted octanol–water partition coefficient (Wildman–Crippen LogP) is 1.45. The van der Waals surface area contributed by atoms with Gasteiger partial charge < -0.3 is 20.5 Å². The van der Waals surface area contributed by atoms with Gasteiger partial charge in [-0.1, -0.05) is 30.3 Å². The first-order valence-corrected chi connectivity index (χ1v) is 7.80. The number of aromatic nitrogens is 2. The minimum atomic E-state index is -0.629. The molecular formula is C17H23N5O2. The van der Waals surface area contributed by atoms with Crippen molar-refractivity contribution in [2.75, 3.05) is 13.6 Å². The van der Waals surface area contributed by atoms with Crippen molar-refractivity contribution in [3.63, 3.8) is 0 Å². The average Bonchev–Trinajstić information content (AvgIpc) is 2.97. The molecule has 0 bridgehead atoms. The van der Waals surface area contributed by atoms with Crippen molar-refractivity contribution in [1.82, 2.24) is 19.8 Å². The summed E-state index contributed by atoms with van der Waals surface area (Å²) >= 11 is 0. The SMILES string of the molecule is Cc1nccn1CC[C@H](NC(=O)CN(C)C(N)=O)c1ccccc1. The Hall–Kier alpha value is -2.83. The summed E-state index contributed by atoms with van der Waals surface area (Å²) in [4.78, 5) is 28.6. The van der Waals surface area contributed by atoms with E-state index in [4.69, 9.17) is 5.73 Å². The molecule has 0 unspecified atom stereocenters. The number of imidazole rings is 1. The van der Waals surface area contributed by atoms with Crippen LogP contribution in [0, 0.1) is 6.92 Å². The zero-order valence-corrected chi connectivity index (χ0v) is 14.0. The van der Waals surface area contributed by atoms with Crippen LogP contribution in [0.25, 0.3) is 0 Å². The summed E-state index contributed by atoms with van der Waals surface area (Å²) in [5.74, 6) is 0.689. The molecule has 3 amide bonds. The van der Waals surface area contributed by atoms with Gasteiger partial charge in [0.2, 0.25) is 5.91 Å². The Morgan fingerprint density at radius 2 is 2.04 bits per heavy atom. The van der Waals surface area contributed by atoms with Crippen LogP contribution in [0.2, 0.25) is 0 Å². The number of benzene rings is 1. The van der Waals surface area contributed by atoms with E-state index in [1.54, 1.807) is 6.20 Å². The van der Waals surface area contributed by atoms with E-state index in [1.807, 2.05) is 48.0 Å².